The Morgan fingerprint density at radius 1 is 0.453 bits per heavy atom. The summed E-state index contributed by atoms with van der Waals surface area (Å²) in [6.07, 6.45) is 56.1. The van der Waals surface area contributed by atoms with Crippen molar-refractivity contribution < 1.29 is 28.7 Å². The molecule has 0 saturated carbocycles. The van der Waals surface area contributed by atoms with E-state index in [0.29, 0.717) is 25.9 Å². The number of hydrogen-bond donors (Lipinski definition) is 2. The summed E-state index contributed by atoms with van der Waals surface area (Å²) in [4.78, 5) is 53.8. The zero-order valence-corrected chi connectivity index (χ0v) is 40.5. The van der Waals surface area contributed by atoms with Crippen molar-refractivity contribution in [3.8, 4) is 0 Å². The van der Waals surface area contributed by atoms with Crippen LogP contribution >= 0.6 is 0 Å². The number of unbranched alkanes of at least 4 members (excludes halogenated alkanes) is 8. The van der Waals surface area contributed by atoms with Crippen molar-refractivity contribution in [3.63, 3.8) is 0 Å². The first-order valence-electron chi connectivity index (χ1n) is 24.4. The van der Waals surface area contributed by atoms with Crippen molar-refractivity contribution in [1.29, 1.82) is 0 Å². The summed E-state index contributed by atoms with van der Waals surface area (Å²) >= 11 is 0. The summed E-state index contributed by atoms with van der Waals surface area (Å²) < 4.78 is 10.9. The Labute approximate surface area is 389 Å². The SMILES string of the molecule is CCCCC/C=C\C/C=C\C/C=C\C/C=C\CCCC(=O)OCCN(CCOC(=O)CCC/C=C\C/C=C\C/C=C\C/C=C\CCCCC)C(=O)C=CC(=O)NCCNCCN(C)C. The smallest absolute Gasteiger partial charge is 0.305 e. The molecule has 64 heavy (non-hydrogen) atoms. The summed E-state index contributed by atoms with van der Waals surface area (Å²) in [5.41, 5.74) is 0. The molecule has 0 aromatic rings. The van der Waals surface area contributed by atoms with Crippen molar-refractivity contribution in [3.05, 3.63) is 109 Å². The third-order valence-electron chi connectivity index (χ3n) is 9.69. The van der Waals surface area contributed by atoms with Gasteiger partial charge in [-0.1, -0.05) is 137 Å². The van der Waals surface area contributed by atoms with Crippen LogP contribution in [0.5, 0.6) is 0 Å². The minimum absolute atomic E-state index is 0.00340. The lowest BCUT2D eigenvalue weighted by Gasteiger charge is -2.21. The summed E-state index contributed by atoms with van der Waals surface area (Å²) in [5, 5.41) is 6.00. The molecule has 0 fully saturated rings. The van der Waals surface area contributed by atoms with Crippen LogP contribution in [0, 0.1) is 0 Å². The average molecular weight is 889 g/mol. The molecule has 10 nitrogen and oxygen atoms in total. The van der Waals surface area contributed by atoms with Crippen LogP contribution in [0.15, 0.2) is 109 Å². The Kier molecular flexibility index (Phi) is 44.5. The lowest BCUT2D eigenvalue weighted by atomic mass is 10.2. The second-order valence-corrected chi connectivity index (χ2v) is 15.9. The molecular formula is C54H88N4O6. The van der Waals surface area contributed by atoms with Gasteiger partial charge in [-0.05, 0) is 104 Å². The van der Waals surface area contributed by atoms with Gasteiger partial charge >= 0.3 is 11.9 Å². The highest BCUT2D eigenvalue weighted by Gasteiger charge is 2.14. The Bertz CT molecular complexity index is 1360. The Hall–Kier alpha value is -4.54. The molecule has 2 N–H and O–H groups in total. The van der Waals surface area contributed by atoms with Crippen molar-refractivity contribution in [2.45, 2.75) is 142 Å². The van der Waals surface area contributed by atoms with Gasteiger partial charge < -0.3 is 29.9 Å². The molecule has 0 saturated heterocycles. The van der Waals surface area contributed by atoms with Crippen molar-refractivity contribution in [1.82, 2.24) is 20.4 Å². The van der Waals surface area contributed by atoms with Gasteiger partial charge in [0.25, 0.3) is 0 Å². The molecule has 0 spiro atoms. The molecule has 0 atom stereocenters. The fourth-order valence-corrected chi connectivity index (χ4v) is 5.88. The van der Waals surface area contributed by atoms with Gasteiger partial charge in [0.15, 0.2) is 0 Å². The predicted molar refractivity (Wildman–Crippen MR) is 269 cm³/mol. The van der Waals surface area contributed by atoms with Crippen molar-refractivity contribution >= 4 is 23.8 Å². The van der Waals surface area contributed by atoms with Gasteiger partial charge in [-0.15, -0.1) is 0 Å². The standard InChI is InChI=1S/C54H88N4O6/c1-5-7-9-11-13-15-17-19-21-23-25-27-29-31-33-35-37-39-53(61)63-49-47-58(52(60)42-41-51(59)56-44-43-55-45-46-57(3)4)48-50-64-54(62)40-38-36-34-32-30-28-26-24-22-20-18-16-14-12-10-8-6-2/h13-16,19-22,25-28,31-34,41-42,55H,5-12,17-18,23-24,29-30,35-40,43-50H2,1-4H3,(H,56,59)/b15-13-,16-14-,21-19-,22-20-,27-25-,28-26-,33-31-,34-32-,42-41?. The number of nitrogens with zero attached hydrogens (tertiary/aromatic N) is 2. The number of rotatable bonds is 42. The van der Waals surface area contributed by atoms with Crippen molar-refractivity contribution in [2.24, 2.45) is 0 Å². The van der Waals surface area contributed by atoms with E-state index in [-0.39, 0.29) is 57.0 Å². The lowest BCUT2D eigenvalue weighted by Crippen LogP contribution is -2.37. The van der Waals surface area contributed by atoms with E-state index >= 15 is 0 Å². The second-order valence-electron chi connectivity index (χ2n) is 15.9. The topological polar surface area (TPSA) is 117 Å². The fraction of sp³-hybridized carbons (Fsp3) is 0.593. The van der Waals surface area contributed by atoms with E-state index in [0.717, 1.165) is 64.5 Å². The number of likely N-dealkylation sites (N-methyl/N-ethyl adjacent to an activating group) is 1. The van der Waals surface area contributed by atoms with Gasteiger partial charge in [-0.2, -0.15) is 0 Å². The third kappa shape index (κ3) is 45.5. The minimum atomic E-state index is -0.438. The molecule has 360 valence electrons. The van der Waals surface area contributed by atoms with Crippen LogP contribution in [0.2, 0.25) is 0 Å². The first kappa shape index (κ1) is 59.5. The maximum atomic E-state index is 13.1. The van der Waals surface area contributed by atoms with Crippen molar-refractivity contribution in [2.75, 3.05) is 66.6 Å². The molecule has 0 aromatic carbocycles. The van der Waals surface area contributed by atoms with Gasteiger partial charge in [0.2, 0.25) is 11.8 Å². The van der Waals surface area contributed by atoms with Gasteiger partial charge in [0.05, 0.1) is 13.1 Å². The predicted octanol–water partition coefficient (Wildman–Crippen LogP) is 11.0. The van der Waals surface area contributed by atoms with Crippen LogP contribution in [0.4, 0.5) is 0 Å². The minimum Gasteiger partial charge on any atom is -0.464 e. The van der Waals surface area contributed by atoms with E-state index in [9.17, 15) is 19.2 Å². The summed E-state index contributed by atoms with van der Waals surface area (Å²) in [6.45, 7) is 7.38. The Balaban J connectivity index is 4.61. The van der Waals surface area contributed by atoms with E-state index in [1.54, 1.807) is 0 Å². The van der Waals surface area contributed by atoms with Gasteiger partial charge in [-0.3, -0.25) is 19.2 Å². The van der Waals surface area contributed by atoms with E-state index in [2.05, 4.69) is 127 Å². The molecule has 0 aromatic heterocycles. The Morgan fingerprint density at radius 2 is 0.844 bits per heavy atom. The average Bonchev–Trinajstić information content (AvgIpc) is 3.28. The number of ether oxygens (including phenoxy) is 2. The fourth-order valence-electron chi connectivity index (χ4n) is 5.88. The van der Waals surface area contributed by atoms with E-state index in [1.165, 1.54) is 68.4 Å². The number of nitrogens with one attached hydrogen (secondary N) is 2. The van der Waals surface area contributed by atoms with E-state index < -0.39 is 5.91 Å². The first-order chi connectivity index (χ1) is 31.3. The maximum Gasteiger partial charge on any atom is 0.305 e. The van der Waals surface area contributed by atoms with Crippen LogP contribution in [0.3, 0.4) is 0 Å². The number of hydrogen-bond acceptors (Lipinski definition) is 8. The molecule has 0 radical (unpaired) electrons. The number of allylic oxidation sites excluding steroid dienone is 16. The highest BCUT2D eigenvalue weighted by Crippen LogP contribution is 2.05. The molecule has 0 heterocycles. The molecule has 0 bridgehead atoms. The van der Waals surface area contributed by atoms with Gasteiger partial charge in [-0.25, -0.2) is 0 Å². The molecular weight excluding hydrogens is 801 g/mol. The quantitative estimate of drug-likeness (QED) is 0.0269. The zero-order valence-electron chi connectivity index (χ0n) is 40.5. The highest BCUT2D eigenvalue weighted by atomic mass is 16.5. The summed E-state index contributed by atoms with van der Waals surface area (Å²) in [5.74, 6) is -1.49. The molecule has 0 rings (SSSR count). The van der Waals surface area contributed by atoms with E-state index in [4.69, 9.17) is 9.47 Å². The number of carbonyl (C=O) groups excluding carboxylic acids is 4. The van der Waals surface area contributed by atoms with Crippen LogP contribution in [0.25, 0.3) is 0 Å². The first-order valence-corrected chi connectivity index (χ1v) is 24.4. The summed E-state index contributed by atoms with van der Waals surface area (Å²) in [6, 6.07) is 0. The summed E-state index contributed by atoms with van der Waals surface area (Å²) in [7, 11) is 3.99. The van der Waals surface area contributed by atoms with Gasteiger partial charge in [0, 0.05) is 51.2 Å². The van der Waals surface area contributed by atoms with E-state index in [1.807, 2.05) is 14.1 Å². The Morgan fingerprint density at radius 3 is 1.23 bits per heavy atom. The van der Waals surface area contributed by atoms with Crippen LogP contribution in [-0.2, 0) is 28.7 Å². The number of amides is 2. The molecule has 0 aliphatic heterocycles. The van der Waals surface area contributed by atoms with Crippen LogP contribution in [-0.4, -0.2) is 100 Å². The lowest BCUT2D eigenvalue weighted by molar-refractivity contribution is -0.146. The van der Waals surface area contributed by atoms with Gasteiger partial charge in [0.1, 0.15) is 13.2 Å². The molecule has 10 heteroatoms. The second kappa shape index (κ2) is 47.9. The largest absolute Gasteiger partial charge is 0.464 e. The number of esters is 2. The molecule has 0 aliphatic carbocycles. The van der Waals surface area contributed by atoms with Crippen LogP contribution in [0.1, 0.15) is 142 Å². The third-order valence-corrected chi connectivity index (χ3v) is 9.69. The normalized spacial score (nSPS) is 12.5. The monoisotopic (exact) mass is 889 g/mol. The molecule has 0 aliphatic rings. The van der Waals surface area contributed by atoms with Crippen LogP contribution < -0.4 is 10.6 Å². The zero-order chi connectivity index (χ0) is 46.8. The number of carbonyl (C=O) groups is 4. The molecule has 0 unspecified atom stereocenters. The highest BCUT2D eigenvalue weighted by molar-refractivity contribution is 5.96. The maximum absolute atomic E-state index is 13.1. The molecule has 2 amide bonds.